The molecule has 3 heterocycles. The van der Waals surface area contributed by atoms with Gasteiger partial charge in [0.1, 0.15) is 5.75 Å². The molecule has 0 spiro atoms. The first kappa shape index (κ1) is 18.2. The predicted molar refractivity (Wildman–Crippen MR) is 110 cm³/mol. The zero-order valence-electron chi connectivity index (χ0n) is 16.1. The average Bonchev–Trinajstić information content (AvgIpc) is 2.74. The van der Waals surface area contributed by atoms with E-state index in [4.69, 9.17) is 4.74 Å². The maximum absolute atomic E-state index is 12.8. The molecular formula is C21H23N5O2. The van der Waals surface area contributed by atoms with Gasteiger partial charge in [-0.15, -0.1) is 0 Å². The van der Waals surface area contributed by atoms with Gasteiger partial charge in [-0.25, -0.2) is 0 Å². The van der Waals surface area contributed by atoms with Gasteiger partial charge in [-0.05, 0) is 31.3 Å². The Balaban J connectivity index is 1.67. The number of hydrogen-bond acceptors (Lipinski definition) is 6. The summed E-state index contributed by atoms with van der Waals surface area (Å²) in [7, 11) is 3.68. The van der Waals surface area contributed by atoms with Crippen LogP contribution in [0.1, 0.15) is 10.4 Å². The van der Waals surface area contributed by atoms with Crippen molar-refractivity contribution in [3.05, 3.63) is 54.6 Å². The van der Waals surface area contributed by atoms with Crippen LogP contribution in [0.15, 0.2) is 49.1 Å². The normalized spacial score (nSPS) is 14.9. The van der Waals surface area contributed by atoms with E-state index in [9.17, 15) is 4.79 Å². The van der Waals surface area contributed by atoms with Gasteiger partial charge in [0.25, 0.3) is 5.91 Å². The summed E-state index contributed by atoms with van der Waals surface area (Å²) in [5, 5.41) is 4.98. The van der Waals surface area contributed by atoms with Crippen molar-refractivity contribution in [2.24, 2.45) is 0 Å². The Hall–Kier alpha value is -3.19. The Morgan fingerprint density at radius 2 is 1.75 bits per heavy atom. The molecule has 1 saturated heterocycles. The van der Waals surface area contributed by atoms with Gasteiger partial charge in [0.05, 0.1) is 18.4 Å². The highest BCUT2D eigenvalue weighted by molar-refractivity contribution is 6.12. The molecule has 0 radical (unpaired) electrons. The molecule has 28 heavy (non-hydrogen) atoms. The Bertz CT molecular complexity index is 999. The fourth-order valence-corrected chi connectivity index (χ4v) is 3.53. The summed E-state index contributed by atoms with van der Waals surface area (Å²) >= 11 is 0. The number of amides is 1. The number of hydrogen-bond donors (Lipinski definition) is 1. The lowest BCUT2D eigenvalue weighted by atomic mass is 10.1. The molecule has 1 N–H and O–H groups in total. The SMILES string of the molecule is COc1ccncc1C(=O)Nc1ccc(N2CCN(C)CC2)c2ccncc12. The molecular weight excluding hydrogens is 354 g/mol. The molecule has 1 fully saturated rings. The van der Waals surface area contributed by atoms with Crippen molar-refractivity contribution in [2.45, 2.75) is 0 Å². The topological polar surface area (TPSA) is 70.6 Å². The molecule has 1 aromatic carbocycles. The number of nitrogens with zero attached hydrogens (tertiary/aromatic N) is 4. The number of likely N-dealkylation sites (N-methyl/N-ethyl adjacent to an activating group) is 1. The van der Waals surface area contributed by atoms with Crippen molar-refractivity contribution in [3.63, 3.8) is 0 Å². The molecule has 4 rings (SSSR count). The molecule has 0 bridgehead atoms. The number of carbonyl (C=O) groups is 1. The minimum Gasteiger partial charge on any atom is -0.496 e. The molecule has 2 aromatic heterocycles. The predicted octanol–water partition coefficient (Wildman–Crippen LogP) is 2.64. The molecule has 1 aliphatic heterocycles. The van der Waals surface area contributed by atoms with Gasteiger partial charge in [0.15, 0.2) is 0 Å². The number of fused-ring (bicyclic) bond motifs is 1. The number of benzene rings is 1. The highest BCUT2D eigenvalue weighted by atomic mass is 16.5. The van der Waals surface area contributed by atoms with Gasteiger partial charge in [-0.2, -0.15) is 0 Å². The lowest BCUT2D eigenvalue weighted by molar-refractivity contribution is 0.102. The summed E-state index contributed by atoms with van der Waals surface area (Å²) in [4.78, 5) is 25.8. The number of methoxy groups -OCH3 is 1. The molecule has 1 aliphatic rings. The number of pyridine rings is 2. The lowest BCUT2D eigenvalue weighted by Gasteiger charge is -2.34. The van der Waals surface area contributed by atoms with Crippen LogP contribution < -0.4 is 15.0 Å². The lowest BCUT2D eigenvalue weighted by Crippen LogP contribution is -2.44. The van der Waals surface area contributed by atoms with E-state index in [1.165, 1.54) is 19.0 Å². The van der Waals surface area contributed by atoms with Gasteiger partial charge >= 0.3 is 0 Å². The van der Waals surface area contributed by atoms with Crippen molar-refractivity contribution in [1.82, 2.24) is 14.9 Å². The quantitative estimate of drug-likeness (QED) is 0.754. The molecule has 7 nitrogen and oxygen atoms in total. The van der Waals surface area contributed by atoms with E-state index in [2.05, 4.69) is 38.2 Å². The Kier molecular flexibility index (Phi) is 5.08. The minimum atomic E-state index is -0.262. The summed E-state index contributed by atoms with van der Waals surface area (Å²) < 4.78 is 5.27. The van der Waals surface area contributed by atoms with E-state index in [1.54, 1.807) is 24.7 Å². The summed E-state index contributed by atoms with van der Waals surface area (Å²) in [5.41, 5.74) is 2.28. The summed E-state index contributed by atoms with van der Waals surface area (Å²) in [6, 6.07) is 7.69. The van der Waals surface area contributed by atoms with E-state index < -0.39 is 0 Å². The summed E-state index contributed by atoms with van der Waals surface area (Å²) in [6.45, 7) is 4.02. The summed E-state index contributed by atoms with van der Waals surface area (Å²) in [6.07, 6.45) is 6.69. The van der Waals surface area contributed by atoms with Crippen molar-refractivity contribution in [1.29, 1.82) is 0 Å². The molecule has 1 amide bonds. The van der Waals surface area contributed by atoms with Gasteiger partial charge in [-0.1, -0.05) is 0 Å². The third kappa shape index (κ3) is 3.48. The Labute approximate surface area is 164 Å². The molecule has 3 aromatic rings. The van der Waals surface area contributed by atoms with Crippen LogP contribution >= 0.6 is 0 Å². The second-order valence-corrected chi connectivity index (χ2v) is 6.87. The van der Waals surface area contributed by atoms with E-state index in [0.717, 1.165) is 42.6 Å². The number of piperazine rings is 1. The van der Waals surface area contributed by atoms with Crippen LogP contribution in [-0.2, 0) is 0 Å². The first-order valence-corrected chi connectivity index (χ1v) is 9.27. The third-order valence-corrected chi connectivity index (χ3v) is 5.13. The molecule has 0 atom stereocenters. The van der Waals surface area contributed by atoms with E-state index in [-0.39, 0.29) is 5.91 Å². The van der Waals surface area contributed by atoms with E-state index >= 15 is 0 Å². The van der Waals surface area contributed by atoms with Crippen LogP contribution in [0.3, 0.4) is 0 Å². The number of rotatable bonds is 4. The fraction of sp³-hybridized carbons (Fsp3) is 0.286. The van der Waals surface area contributed by atoms with Crippen LogP contribution in [0.4, 0.5) is 11.4 Å². The Morgan fingerprint density at radius 1 is 1.00 bits per heavy atom. The highest BCUT2D eigenvalue weighted by Crippen LogP contribution is 2.33. The van der Waals surface area contributed by atoms with Crippen LogP contribution in [-0.4, -0.2) is 61.1 Å². The number of carbonyl (C=O) groups excluding carboxylic acids is 1. The number of anilines is 2. The average molecular weight is 377 g/mol. The second-order valence-electron chi connectivity index (χ2n) is 6.87. The molecule has 144 valence electrons. The van der Waals surface area contributed by atoms with Crippen LogP contribution in [0.2, 0.25) is 0 Å². The molecule has 0 saturated carbocycles. The minimum absolute atomic E-state index is 0.262. The van der Waals surface area contributed by atoms with E-state index in [1.807, 2.05) is 12.1 Å². The largest absolute Gasteiger partial charge is 0.496 e. The van der Waals surface area contributed by atoms with Crippen LogP contribution in [0, 0.1) is 0 Å². The van der Waals surface area contributed by atoms with Crippen molar-refractivity contribution >= 4 is 28.1 Å². The zero-order chi connectivity index (χ0) is 19.5. The third-order valence-electron chi connectivity index (χ3n) is 5.13. The smallest absolute Gasteiger partial charge is 0.261 e. The maximum atomic E-state index is 12.8. The number of ether oxygens (including phenoxy) is 1. The molecule has 7 heteroatoms. The van der Waals surface area contributed by atoms with E-state index in [0.29, 0.717) is 11.3 Å². The van der Waals surface area contributed by atoms with Crippen molar-refractivity contribution < 1.29 is 9.53 Å². The first-order valence-electron chi connectivity index (χ1n) is 9.27. The van der Waals surface area contributed by atoms with Gasteiger partial charge in [0.2, 0.25) is 0 Å². The number of nitrogens with one attached hydrogen (secondary N) is 1. The fourth-order valence-electron chi connectivity index (χ4n) is 3.53. The number of aromatic nitrogens is 2. The van der Waals surface area contributed by atoms with Gasteiger partial charge < -0.3 is 19.9 Å². The van der Waals surface area contributed by atoms with Crippen LogP contribution in [0.5, 0.6) is 5.75 Å². The van der Waals surface area contributed by atoms with Crippen molar-refractivity contribution in [2.75, 3.05) is 50.6 Å². The van der Waals surface area contributed by atoms with Gasteiger partial charge in [0, 0.05) is 67.4 Å². The Morgan fingerprint density at radius 3 is 2.54 bits per heavy atom. The summed E-state index contributed by atoms with van der Waals surface area (Å²) in [5.74, 6) is 0.228. The zero-order valence-corrected chi connectivity index (χ0v) is 16.1. The maximum Gasteiger partial charge on any atom is 0.261 e. The standard InChI is InChI=1S/C21H23N5O2/c1-25-9-11-26(12-10-25)19-4-3-18(16-13-22-7-5-15(16)19)24-21(27)17-14-23-8-6-20(17)28-2/h3-8,13-14H,9-12H2,1-2H3,(H,24,27). The highest BCUT2D eigenvalue weighted by Gasteiger charge is 2.19. The monoisotopic (exact) mass is 377 g/mol. The molecule has 0 aliphatic carbocycles. The second kappa shape index (κ2) is 7.82. The van der Waals surface area contributed by atoms with Gasteiger partial charge in [-0.3, -0.25) is 14.8 Å². The first-order chi connectivity index (χ1) is 13.7. The molecule has 0 unspecified atom stereocenters. The van der Waals surface area contributed by atoms with Crippen LogP contribution in [0.25, 0.3) is 10.8 Å². The van der Waals surface area contributed by atoms with Crippen molar-refractivity contribution in [3.8, 4) is 5.75 Å².